The maximum atomic E-state index is 13.3. The van der Waals surface area contributed by atoms with Crippen LogP contribution in [0, 0.1) is 5.82 Å². The highest BCUT2D eigenvalue weighted by Crippen LogP contribution is 2.20. The molecule has 0 amide bonds. The van der Waals surface area contributed by atoms with Gasteiger partial charge in [0.1, 0.15) is 5.82 Å². The summed E-state index contributed by atoms with van der Waals surface area (Å²) in [4.78, 5) is 10.6. The van der Waals surface area contributed by atoms with Crippen LogP contribution in [0.2, 0.25) is 5.02 Å². The van der Waals surface area contributed by atoms with Gasteiger partial charge in [0.15, 0.2) is 11.5 Å². The Morgan fingerprint density at radius 3 is 2.94 bits per heavy atom. The second-order valence-corrected chi connectivity index (χ2v) is 3.90. The van der Waals surface area contributed by atoms with E-state index in [-0.39, 0.29) is 23.7 Å². The lowest BCUT2D eigenvalue weighted by atomic mass is 10.3. The molecule has 0 spiro atoms. The van der Waals surface area contributed by atoms with Crippen LogP contribution in [-0.2, 0) is 6.54 Å². The van der Waals surface area contributed by atoms with Crippen LogP contribution >= 0.6 is 11.6 Å². The van der Waals surface area contributed by atoms with Crippen LogP contribution < -0.4 is 5.32 Å². The molecule has 18 heavy (non-hydrogen) atoms. The molecule has 1 aromatic carbocycles. The van der Waals surface area contributed by atoms with Crippen molar-refractivity contribution in [1.82, 2.24) is 5.16 Å². The van der Waals surface area contributed by atoms with Crippen molar-refractivity contribution in [1.29, 1.82) is 0 Å². The molecule has 0 saturated carbocycles. The molecular weight excluding hydrogens is 263 g/mol. The molecule has 2 N–H and O–H groups in total. The van der Waals surface area contributed by atoms with E-state index in [4.69, 9.17) is 21.2 Å². The molecule has 0 bridgehead atoms. The minimum Gasteiger partial charge on any atom is -0.476 e. The fourth-order valence-electron chi connectivity index (χ4n) is 1.31. The fraction of sp³-hybridized carbons (Fsp3) is 0.0909. The summed E-state index contributed by atoms with van der Waals surface area (Å²) < 4.78 is 18.1. The van der Waals surface area contributed by atoms with Crippen LogP contribution in [-0.4, -0.2) is 16.2 Å². The van der Waals surface area contributed by atoms with Gasteiger partial charge in [0.25, 0.3) is 0 Å². The molecule has 5 nitrogen and oxygen atoms in total. The molecule has 0 atom stereocenters. The molecule has 2 aromatic rings. The van der Waals surface area contributed by atoms with E-state index >= 15 is 0 Å². The molecule has 1 heterocycles. The second kappa shape index (κ2) is 5.05. The number of aromatic nitrogens is 1. The van der Waals surface area contributed by atoms with Gasteiger partial charge in [0.2, 0.25) is 0 Å². The third-order valence-corrected chi connectivity index (χ3v) is 2.39. The van der Waals surface area contributed by atoms with Crippen molar-refractivity contribution in [2.75, 3.05) is 5.32 Å². The molecule has 0 aliphatic carbocycles. The number of benzene rings is 1. The van der Waals surface area contributed by atoms with Crippen LogP contribution in [0.25, 0.3) is 0 Å². The van der Waals surface area contributed by atoms with Gasteiger partial charge in [-0.2, -0.15) is 0 Å². The highest BCUT2D eigenvalue weighted by atomic mass is 35.5. The highest BCUT2D eigenvalue weighted by Gasteiger charge is 2.11. The van der Waals surface area contributed by atoms with Crippen LogP contribution in [0.3, 0.4) is 0 Å². The molecule has 0 fully saturated rings. The molecule has 2 rings (SSSR count). The summed E-state index contributed by atoms with van der Waals surface area (Å²) in [5, 5.41) is 15.1. The largest absolute Gasteiger partial charge is 0.476 e. The third-order valence-electron chi connectivity index (χ3n) is 2.16. The summed E-state index contributed by atoms with van der Waals surface area (Å²) in [6.07, 6.45) is 0. The Bertz CT molecular complexity index is 585. The van der Waals surface area contributed by atoms with Gasteiger partial charge in [0.05, 0.1) is 12.2 Å². The van der Waals surface area contributed by atoms with E-state index < -0.39 is 11.8 Å². The monoisotopic (exact) mass is 270 g/mol. The van der Waals surface area contributed by atoms with E-state index in [0.717, 1.165) is 0 Å². The molecule has 0 saturated heterocycles. The SMILES string of the molecule is O=C(O)c1cc(CNc2cc(Cl)ccc2F)on1. The number of carboxylic acids is 1. The minimum absolute atomic E-state index is 0.109. The van der Waals surface area contributed by atoms with Gasteiger partial charge < -0.3 is 14.9 Å². The number of aromatic carboxylic acids is 1. The van der Waals surface area contributed by atoms with Gasteiger partial charge >= 0.3 is 5.97 Å². The lowest BCUT2D eigenvalue weighted by Crippen LogP contribution is -2.00. The first-order chi connectivity index (χ1) is 8.56. The van der Waals surface area contributed by atoms with Crippen LogP contribution in [0.1, 0.15) is 16.2 Å². The van der Waals surface area contributed by atoms with E-state index in [1.807, 2.05) is 0 Å². The van der Waals surface area contributed by atoms with Crippen molar-refractivity contribution in [3.63, 3.8) is 0 Å². The maximum absolute atomic E-state index is 13.3. The number of halogens is 2. The van der Waals surface area contributed by atoms with Gasteiger partial charge in [-0.05, 0) is 18.2 Å². The number of rotatable bonds is 4. The van der Waals surface area contributed by atoms with E-state index in [2.05, 4.69) is 10.5 Å². The standard InChI is InChI=1S/C11H8ClFN2O3/c12-6-1-2-8(13)9(3-6)14-5-7-4-10(11(16)17)15-18-7/h1-4,14H,5H2,(H,16,17). The zero-order chi connectivity index (χ0) is 13.1. The van der Waals surface area contributed by atoms with Gasteiger partial charge in [-0.15, -0.1) is 0 Å². The lowest BCUT2D eigenvalue weighted by molar-refractivity contribution is 0.0685. The number of carbonyl (C=O) groups is 1. The third kappa shape index (κ3) is 2.78. The van der Waals surface area contributed by atoms with Crippen molar-refractivity contribution >= 4 is 23.3 Å². The zero-order valence-corrected chi connectivity index (χ0v) is 9.74. The number of anilines is 1. The molecule has 0 unspecified atom stereocenters. The Balaban J connectivity index is 2.06. The summed E-state index contributed by atoms with van der Waals surface area (Å²) in [5.74, 6) is -1.36. The van der Waals surface area contributed by atoms with E-state index in [9.17, 15) is 9.18 Å². The summed E-state index contributed by atoms with van der Waals surface area (Å²) in [5.41, 5.74) is 0.00846. The normalized spacial score (nSPS) is 10.3. The summed E-state index contributed by atoms with van der Waals surface area (Å²) >= 11 is 5.72. The molecule has 94 valence electrons. The highest BCUT2D eigenvalue weighted by molar-refractivity contribution is 6.30. The van der Waals surface area contributed by atoms with Crippen LogP contribution in [0.15, 0.2) is 28.8 Å². The van der Waals surface area contributed by atoms with Crippen molar-refractivity contribution in [3.8, 4) is 0 Å². The zero-order valence-electron chi connectivity index (χ0n) is 8.98. The topological polar surface area (TPSA) is 75.4 Å². The summed E-state index contributed by atoms with van der Waals surface area (Å²) in [6.45, 7) is 0.109. The van der Waals surface area contributed by atoms with Crippen molar-refractivity contribution in [2.45, 2.75) is 6.54 Å². The van der Waals surface area contributed by atoms with Crippen molar-refractivity contribution in [3.05, 3.63) is 46.6 Å². The molecule has 7 heteroatoms. The molecule has 0 aliphatic heterocycles. The molecule has 1 aromatic heterocycles. The van der Waals surface area contributed by atoms with E-state index in [0.29, 0.717) is 5.02 Å². The molecular formula is C11H8ClFN2O3. The predicted molar refractivity (Wildman–Crippen MR) is 62.2 cm³/mol. The van der Waals surface area contributed by atoms with Crippen molar-refractivity contribution < 1.29 is 18.8 Å². The lowest BCUT2D eigenvalue weighted by Gasteiger charge is -2.05. The van der Waals surface area contributed by atoms with Crippen LogP contribution in [0.4, 0.5) is 10.1 Å². The fourth-order valence-corrected chi connectivity index (χ4v) is 1.48. The molecule has 0 radical (unpaired) electrons. The predicted octanol–water partition coefficient (Wildman–Crippen LogP) is 2.78. The second-order valence-electron chi connectivity index (χ2n) is 3.46. The minimum atomic E-state index is -1.18. The Kier molecular flexibility index (Phi) is 3.47. The first-order valence-electron chi connectivity index (χ1n) is 4.94. The first kappa shape index (κ1) is 12.4. The number of hydrogen-bond donors (Lipinski definition) is 2. The van der Waals surface area contributed by atoms with Gasteiger partial charge in [-0.1, -0.05) is 16.8 Å². The van der Waals surface area contributed by atoms with Gasteiger partial charge in [-0.25, -0.2) is 9.18 Å². The Hall–Kier alpha value is -2.08. The van der Waals surface area contributed by atoms with E-state index in [1.165, 1.54) is 24.3 Å². The smallest absolute Gasteiger partial charge is 0.358 e. The Morgan fingerprint density at radius 2 is 2.28 bits per heavy atom. The summed E-state index contributed by atoms with van der Waals surface area (Å²) in [6, 6.07) is 5.34. The van der Waals surface area contributed by atoms with Crippen molar-refractivity contribution in [2.24, 2.45) is 0 Å². The van der Waals surface area contributed by atoms with Gasteiger partial charge in [0, 0.05) is 11.1 Å². The average molecular weight is 271 g/mol. The quantitative estimate of drug-likeness (QED) is 0.893. The average Bonchev–Trinajstić information content (AvgIpc) is 2.79. The Morgan fingerprint density at radius 1 is 1.50 bits per heavy atom. The van der Waals surface area contributed by atoms with E-state index in [1.54, 1.807) is 0 Å². The van der Waals surface area contributed by atoms with Crippen LogP contribution in [0.5, 0.6) is 0 Å². The Labute approximate surface area is 106 Å². The summed E-state index contributed by atoms with van der Waals surface area (Å²) in [7, 11) is 0. The number of nitrogens with zero attached hydrogens (tertiary/aromatic N) is 1. The van der Waals surface area contributed by atoms with Gasteiger partial charge in [-0.3, -0.25) is 0 Å². The number of hydrogen-bond acceptors (Lipinski definition) is 4. The maximum Gasteiger partial charge on any atom is 0.358 e. The number of nitrogens with one attached hydrogen (secondary N) is 1. The first-order valence-corrected chi connectivity index (χ1v) is 5.32. The number of carboxylic acid groups (broad SMARTS) is 1. The molecule has 0 aliphatic rings.